The van der Waals surface area contributed by atoms with Crippen molar-refractivity contribution in [3.8, 4) is 0 Å². The molecule has 2 rings (SSSR count). The zero-order chi connectivity index (χ0) is 12.3. The molecule has 0 amide bonds. The van der Waals surface area contributed by atoms with Crippen LogP contribution in [0.15, 0.2) is 0 Å². The van der Waals surface area contributed by atoms with E-state index in [1.807, 2.05) is 6.92 Å². The molecule has 0 aromatic carbocycles. The summed E-state index contributed by atoms with van der Waals surface area (Å²) in [6, 6.07) is 0.178. The van der Waals surface area contributed by atoms with Gasteiger partial charge in [0.25, 0.3) is 10.2 Å². The predicted molar refractivity (Wildman–Crippen MR) is 69.0 cm³/mol. The number of piperidine rings is 1. The molecule has 2 heterocycles. The lowest BCUT2D eigenvalue weighted by Crippen LogP contribution is -2.49. The van der Waals surface area contributed by atoms with Crippen LogP contribution in [0.1, 0.15) is 51.9 Å². The molecule has 2 fully saturated rings. The molecule has 1 atom stereocenters. The Kier molecular flexibility index (Phi) is 4.44. The van der Waals surface area contributed by atoms with Crippen LogP contribution in [0.3, 0.4) is 0 Å². The van der Waals surface area contributed by atoms with Gasteiger partial charge in [-0.2, -0.15) is 17.0 Å². The van der Waals surface area contributed by atoms with Gasteiger partial charge < -0.3 is 0 Å². The Balaban J connectivity index is 2.10. The van der Waals surface area contributed by atoms with Crippen LogP contribution < -0.4 is 0 Å². The highest BCUT2D eigenvalue weighted by Crippen LogP contribution is 2.24. The van der Waals surface area contributed by atoms with E-state index in [9.17, 15) is 8.42 Å². The van der Waals surface area contributed by atoms with Gasteiger partial charge in [0.05, 0.1) is 0 Å². The van der Waals surface area contributed by atoms with Gasteiger partial charge in [-0.3, -0.25) is 0 Å². The molecule has 17 heavy (non-hydrogen) atoms. The first-order chi connectivity index (χ1) is 8.12. The SMILES string of the molecule is CC1CCCCN1S(=O)(=O)N1CCCCCC1. The lowest BCUT2D eigenvalue weighted by molar-refractivity contribution is 0.245. The number of hydrogen-bond acceptors (Lipinski definition) is 2. The van der Waals surface area contributed by atoms with Gasteiger partial charge in [-0.15, -0.1) is 0 Å². The molecule has 2 saturated heterocycles. The molecule has 0 radical (unpaired) electrons. The van der Waals surface area contributed by atoms with Crippen molar-refractivity contribution in [2.45, 2.75) is 57.9 Å². The van der Waals surface area contributed by atoms with E-state index in [1.54, 1.807) is 8.61 Å². The maximum absolute atomic E-state index is 12.6. The van der Waals surface area contributed by atoms with E-state index in [-0.39, 0.29) is 6.04 Å². The average Bonchev–Trinajstić information content (AvgIpc) is 2.58. The van der Waals surface area contributed by atoms with Crippen LogP contribution in [0.25, 0.3) is 0 Å². The van der Waals surface area contributed by atoms with E-state index in [0.717, 1.165) is 32.1 Å². The van der Waals surface area contributed by atoms with Crippen LogP contribution in [0, 0.1) is 0 Å². The highest BCUT2D eigenvalue weighted by Gasteiger charge is 2.34. The molecule has 0 bridgehead atoms. The first-order valence-corrected chi connectivity index (χ1v) is 8.29. The summed E-state index contributed by atoms with van der Waals surface area (Å²) in [5, 5.41) is 0. The first-order valence-electron chi connectivity index (χ1n) is 6.89. The maximum atomic E-state index is 12.6. The zero-order valence-electron chi connectivity index (χ0n) is 10.8. The summed E-state index contributed by atoms with van der Waals surface area (Å²) in [6.07, 6.45) is 7.55. The monoisotopic (exact) mass is 260 g/mol. The van der Waals surface area contributed by atoms with Crippen molar-refractivity contribution >= 4 is 10.2 Å². The molecule has 2 aliphatic heterocycles. The molecule has 1 unspecified atom stereocenters. The summed E-state index contributed by atoms with van der Waals surface area (Å²) in [6.45, 7) is 4.17. The first kappa shape index (κ1) is 13.3. The standard InChI is InChI=1S/C12H24N2O2S/c1-12-8-4-7-11-14(12)17(15,16)13-9-5-2-3-6-10-13/h12H,2-11H2,1H3. The summed E-state index contributed by atoms with van der Waals surface area (Å²) < 4.78 is 28.5. The molecular formula is C12H24N2O2S. The molecule has 4 nitrogen and oxygen atoms in total. The molecule has 100 valence electrons. The van der Waals surface area contributed by atoms with Crippen molar-refractivity contribution in [3.05, 3.63) is 0 Å². The number of hydrogen-bond donors (Lipinski definition) is 0. The summed E-state index contributed by atoms with van der Waals surface area (Å²) in [5.74, 6) is 0. The minimum Gasteiger partial charge on any atom is -0.195 e. The van der Waals surface area contributed by atoms with Crippen molar-refractivity contribution in [2.75, 3.05) is 19.6 Å². The minimum absolute atomic E-state index is 0.178. The van der Waals surface area contributed by atoms with Crippen molar-refractivity contribution in [3.63, 3.8) is 0 Å². The number of rotatable bonds is 2. The zero-order valence-corrected chi connectivity index (χ0v) is 11.6. The number of nitrogens with zero attached hydrogens (tertiary/aromatic N) is 2. The molecule has 0 N–H and O–H groups in total. The van der Waals surface area contributed by atoms with Crippen molar-refractivity contribution in [2.24, 2.45) is 0 Å². The van der Waals surface area contributed by atoms with Crippen molar-refractivity contribution < 1.29 is 8.42 Å². The Labute approximate surface area is 105 Å². The summed E-state index contributed by atoms with van der Waals surface area (Å²) in [5.41, 5.74) is 0. The van der Waals surface area contributed by atoms with Crippen LogP contribution in [0.2, 0.25) is 0 Å². The van der Waals surface area contributed by atoms with Crippen LogP contribution >= 0.6 is 0 Å². The molecule has 0 aromatic rings. The Morgan fingerprint density at radius 2 is 1.47 bits per heavy atom. The predicted octanol–water partition coefficient (Wildman–Crippen LogP) is 1.98. The minimum atomic E-state index is -3.19. The fraction of sp³-hybridized carbons (Fsp3) is 1.00. The topological polar surface area (TPSA) is 40.6 Å². The van der Waals surface area contributed by atoms with Crippen LogP contribution in [-0.2, 0) is 10.2 Å². The highest BCUT2D eigenvalue weighted by atomic mass is 32.2. The van der Waals surface area contributed by atoms with E-state index in [1.165, 1.54) is 12.8 Å². The second kappa shape index (κ2) is 5.67. The van der Waals surface area contributed by atoms with Gasteiger partial charge in [-0.1, -0.05) is 19.3 Å². The van der Waals surface area contributed by atoms with Gasteiger partial charge in [-0.05, 0) is 32.6 Å². The van der Waals surface area contributed by atoms with E-state index in [0.29, 0.717) is 19.6 Å². The summed E-state index contributed by atoms with van der Waals surface area (Å²) >= 11 is 0. The maximum Gasteiger partial charge on any atom is 0.282 e. The van der Waals surface area contributed by atoms with Crippen molar-refractivity contribution in [1.82, 2.24) is 8.61 Å². The largest absolute Gasteiger partial charge is 0.282 e. The van der Waals surface area contributed by atoms with E-state index >= 15 is 0 Å². The average molecular weight is 260 g/mol. The van der Waals surface area contributed by atoms with Gasteiger partial charge in [0, 0.05) is 25.7 Å². The third-order valence-electron chi connectivity index (χ3n) is 3.93. The molecule has 0 saturated carbocycles. The van der Waals surface area contributed by atoms with Gasteiger partial charge in [0.1, 0.15) is 0 Å². The second-order valence-corrected chi connectivity index (χ2v) is 7.16. The molecule has 0 spiro atoms. The third-order valence-corrected chi connectivity index (χ3v) is 6.08. The van der Waals surface area contributed by atoms with Gasteiger partial charge in [0.15, 0.2) is 0 Å². The molecule has 0 aliphatic carbocycles. The normalized spacial score (nSPS) is 30.1. The van der Waals surface area contributed by atoms with Gasteiger partial charge in [-0.25, -0.2) is 0 Å². The Hall–Kier alpha value is -0.130. The Morgan fingerprint density at radius 1 is 0.882 bits per heavy atom. The fourth-order valence-corrected chi connectivity index (χ4v) is 4.77. The van der Waals surface area contributed by atoms with Gasteiger partial charge in [0.2, 0.25) is 0 Å². The van der Waals surface area contributed by atoms with Crippen molar-refractivity contribution in [1.29, 1.82) is 0 Å². The second-order valence-electron chi connectivity index (χ2n) is 5.28. The third kappa shape index (κ3) is 3.01. The molecule has 2 aliphatic rings. The molecule has 0 aromatic heterocycles. The summed E-state index contributed by atoms with van der Waals surface area (Å²) in [7, 11) is -3.19. The molecular weight excluding hydrogens is 236 g/mol. The van der Waals surface area contributed by atoms with Crippen LogP contribution in [0.4, 0.5) is 0 Å². The quantitative estimate of drug-likeness (QED) is 0.762. The smallest absolute Gasteiger partial charge is 0.195 e. The van der Waals surface area contributed by atoms with Gasteiger partial charge >= 0.3 is 0 Å². The lowest BCUT2D eigenvalue weighted by atomic mass is 10.1. The summed E-state index contributed by atoms with van der Waals surface area (Å²) in [4.78, 5) is 0. The Morgan fingerprint density at radius 3 is 2.06 bits per heavy atom. The van der Waals surface area contributed by atoms with E-state index in [2.05, 4.69) is 0 Å². The lowest BCUT2D eigenvalue weighted by Gasteiger charge is -2.36. The van der Waals surface area contributed by atoms with Crippen LogP contribution in [0.5, 0.6) is 0 Å². The van der Waals surface area contributed by atoms with Crippen LogP contribution in [-0.4, -0.2) is 42.7 Å². The highest BCUT2D eigenvalue weighted by molar-refractivity contribution is 7.86. The Bertz CT molecular complexity index is 334. The van der Waals surface area contributed by atoms with E-state index in [4.69, 9.17) is 0 Å². The fourth-order valence-electron chi connectivity index (χ4n) is 2.84. The van der Waals surface area contributed by atoms with E-state index < -0.39 is 10.2 Å². The molecule has 5 heteroatoms.